The summed E-state index contributed by atoms with van der Waals surface area (Å²) < 4.78 is 0. The summed E-state index contributed by atoms with van der Waals surface area (Å²) in [7, 11) is 0. The number of nitrogens with two attached hydrogens (primary N) is 2. The van der Waals surface area contributed by atoms with E-state index < -0.39 is 6.04 Å². The highest BCUT2D eigenvalue weighted by Crippen LogP contribution is 2.24. The lowest BCUT2D eigenvalue weighted by atomic mass is 9.85. The number of nitrogens with one attached hydrogen (secondary N) is 1. The SMILES string of the molecule is NC(=O)C1CCCC(NC(=O)[C@@H](N)Cc2ccccc2)C1. The topological polar surface area (TPSA) is 98.2 Å². The molecule has 0 bridgehead atoms. The van der Waals surface area contributed by atoms with E-state index in [0.717, 1.165) is 24.8 Å². The van der Waals surface area contributed by atoms with Gasteiger partial charge < -0.3 is 16.8 Å². The summed E-state index contributed by atoms with van der Waals surface area (Å²) in [5.74, 6) is -0.564. The molecule has 0 radical (unpaired) electrons. The molecule has 0 aliphatic heterocycles. The maximum Gasteiger partial charge on any atom is 0.237 e. The highest BCUT2D eigenvalue weighted by molar-refractivity contribution is 5.82. The van der Waals surface area contributed by atoms with Crippen molar-refractivity contribution in [1.82, 2.24) is 5.32 Å². The quantitative estimate of drug-likeness (QED) is 0.744. The Morgan fingerprint density at radius 2 is 1.95 bits per heavy atom. The van der Waals surface area contributed by atoms with Crippen LogP contribution in [0, 0.1) is 5.92 Å². The maximum atomic E-state index is 12.1. The molecule has 3 atom stereocenters. The van der Waals surface area contributed by atoms with Gasteiger partial charge in [0.05, 0.1) is 6.04 Å². The Morgan fingerprint density at radius 1 is 1.24 bits per heavy atom. The zero-order chi connectivity index (χ0) is 15.2. The fourth-order valence-corrected chi connectivity index (χ4v) is 2.85. The third-order valence-electron chi connectivity index (χ3n) is 4.06. The highest BCUT2D eigenvalue weighted by atomic mass is 16.2. The molecule has 1 aliphatic carbocycles. The van der Waals surface area contributed by atoms with Gasteiger partial charge >= 0.3 is 0 Å². The first-order chi connectivity index (χ1) is 10.1. The van der Waals surface area contributed by atoms with Crippen molar-refractivity contribution in [2.75, 3.05) is 0 Å². The van der Waals surface area contributed by atoms with Crippen LogP contribution < -0.4 is 16.8 Å². The van der Waals surface area contributed by atoms with E-state index in [4.69, 9.17) is 11.5 Å². The lowest BCUT2D eigenvalue weighted by Gasteiger charge is -2.28. The summed E-state index contributed by atoms with van der Waals surface area (Å²) in [5.41, 5.74) is 12.3. The molecule has 1 fully saturated rings. The minimum atomic E-state index is -0.568. The van der Waals surface area contributed by atoms with Gasteiger partial charge in [0.15, 0.2) is 0 Å². The molecule has 1 aromatic rings. The van der Waals surface area contributed by atoms with Gasteiger partial charge in [0.1, 0.15) is 0 Å². The molecule has 1 aliphatic rings. The third kappa shape index (κ3) is 4.56. The molecule has 21 heavy (non-hydrogen) atoms. The monoisotopic (exact) mass is 289 g/mol. The zero-order valence-corrected chi connectivity index (χ0v) is 12.1. The lowest BCUT2D eigenvalue weighted by molar-refractivity contribution is -0.126. The van der Waals surface area contributed by atoms with Crippen LogP contribution in [0.1, 0.15) is 31.2 Å². The highest BCUT2D eigenvalue weighted by Gasteiger charge is 2.27. The van der Waals surface area contributed by atoms with Crippen molar-refractivity contribution in [3.8, 4) is 0 Å². The second-order valence-corrected chi connectivity index (χ2v) is 5.77. The molecule has 0 aromatic heterocycles. The fraction of sp³-hybridized carbons (Fsp3) is 0.500. The second-order valence-electron chi connectivity index (χ2n) is 5.77. The first kappa shape index (κ1) is 15.5. The van der Waals surface area contributed by atoms with E-state index in [-0.39, 0.29) is 23.8 Å². The average molecular weight is 289 g/mol. The minimum Gasteiger partial charge on any atom is -0.369 e. The zero-order valence-electron chi connectivity index (χ0n) is 12.1. The van der Waals surface area contributed by atoms with E-state index in [1.54, 1.807) is 0 Å². The lowest BCUT2D eigenvalue weighted by Crippen LogP contribution is -2.48. The number of hydrogen-bond donors (Lipinski definition) is 3. The number of carbonyl (C=O) groups excluding carboxylic acids is 2. The van der Waals surface area contributed by atoms with Gasteiger partial charge in [0, 0.05) is 12.0 Å². The van der Waals surface area contributed by atoms with Gasteiger partial charge in [-0.1, -0.05) is 36.8 Å². The molecule has 2 rings (SSSR count). The van der Waals surface area contributed by atoms with Crippen LogP contribution in [0.2, 0.25) is 0 Å². The molecular formula is C16H23N3O2. The Kier molecular flexibility index (Phi) is 5.33. The summed E-state index contributed by atoms with van der Waals surface area (Å²) in [5, 5.41) is 2.95. The molecule has 5 heteroatoms. The smallest absolute Gasteiger partial charge is 0.237 e. The van der Waals surface area contributed by atoms with Gasteiger partial charge in [-0.05, 0) is 31.2 Å². The van der Waals surface area contributed by atoms with Gasteiger partial charge in [0.25, 0.3) is 0 Å². The normalized spacial score (nSPS) is 23.3. The fourth-order valence-electron chi connectivity index (χ4n) is 2.85. The standard InChI is InChI=1S/C16H23N3O2/c17-14(9-11-5-2-1-3-6-11)16(21)19-13-8-4-7-12(10-13)15(18)20/h1-3,5-6,12-14H,4,7-10,17H2,(H2,18,20)(H,19,21)/t12?,13?,14-/m0/s1. The number of benzene rings is 1. The third-order valence-corrected chi connectivity index (χ3v) is 4.06. The van der Waals surface area contributed by atoms with Crippen molar-refractivity contribution < 1.29 is 9.59 Å². The maximum absolute atomic E-state index is 12.1. The van der Waals surface area contributed by atoms with Crippen molar-refractivity contribution in [3.63, 3.8) is 0 Å². The Hall–Kier alpha value is -1.88. The molecule has 1 saturated carbocycles. The van der Waals surface area contributed by atoms with Gasteiger partial charge in [-0.25, -0.2) is 0 Å². The number of hydrogen-bond acceptors (Lipinski definition) is 3. The average Bonchev–Trinajstić information content (AvgIpc) is 2.48. The van der Waals surface area contributed by atoms with Gasteiger partial charge in [0.2, 0.25) is 11.8 Å². The number of rotatable bonds is 5. The summed E-state index contributed by atoms with van der Waals surface area (Å²) in [6.45, 7) is 0. The van der Waals surface area contributed by atoms with E-state index in [0.29, 0.717) is 12.8 Å². The van der Waals surface area contributed by atoms with Crippen molar-refractivity contribution in [2.24, 2.45) is 17.4 Å². The van der Waals surface area contributed by atoms with Crippen LogP contribution in [-0.2, 0) is 16.0 Å². The minimum absolute atomic E-state index is 0.00516. The van der Waals surface area contributed by atoms with Crippen LogP contribution >= 0.6 is 0 Å². The van der Waals surface area contributed by atoms with Crippen molar-refractivity contribution >= 4 is 11.8 Å². The Labute approximate surface area is 125 Å². The Morgan fingerprint density at radius 3 is 2.62 bits per heavy atom. The summed E-state index contributed by atoms with van der Waals surface area (Å²) in [6, 6.07) is 9.14. The molecule has 5 N–H and O–H groups in total. The van der Waals surface area contributed by atoms with Crippen LogP contribution in [0.5, 0.6) is 0 Å². The first-order valence-electron chi connectivity index (χ1n) is 7.45. The molecule has 0 saturated heterocycles. The van der Waals surface area contributed by atoms with Gasteiger partial charge in [-0.2, -0.15) is 0 Å². The number of amides is 2. The Balaban J connectivity index is 1.84. The predicted molar refractivity (Wildman–Crippen MR) is 81.2 cm³/mol. The molecule has 0 heterocycles. The Bertz CT molecular complexity index is 490. The second kappa shape index (κ2) is 7.22. The largest absolute Gasteiger partial charge is 0.369 e. The summed E-state index contributed by atoms with van der Waals surface area (Å²) >= 11 is 0. The van der Waals surface area contributed by atoms with E-state index >= 15 is 0 Å². The van der Waals surface area contributed by atoms with Crippen LogP contribution in [0.25, 0.3) is 0 Å². The van der Waals surface area contributed by atoms with E-state index in [9.17, 15) is 9.59 Å². The van der Waals surface area contributed by atoms with E-state index in [2.05, 4.69) is 5.32 Å². The first-order valence-corrected chi connectivity index (χ1v) is 7.45. The van der Waals surface area contributed by atoms with E-state index in [1.165, 1.54) is 0 Å². The van der Waals surface area contributed by atoms with Crippen LogP contribution in [0.3, 0.4) is 0 Å². The number of carbonyl (C=O) groups is 2. The molecule has 2 amide bonds. The molecule has 0 spiro atoms. The van der Waals surface area contributed by atoms with Crippen LogP contribution in [0.15, 0.2) is 30.3 Å². The molecular weight excluding hydrogens is 266 g/mol. The van der Waals surface area contributed by atoms with Gasteiger partial charge in [-0.15, -0.1) is 0 Å². The van der Waals surface area contributed by atoms with E-state index in [1.807, 2.05) is 30.3 Å². The summed E-state index contributed by atoms with van der Waals surface area (Å²) in [6.07, 6.45) is 3.75. The summed E-state index contributed by atoms with van der Waals surface area (Å²) in [4.78, 5) is 23.4. The molecule has 2 unspecified atom stereocenters. The predicted octanol–water partition coefficient (Wildman–Crippen LogP) is 0.717. The van der Waals surface area contributed by atoms with Crippen molar-refractivity contribution in [3.05, 3.63) is 35.9 Å². The van der Waals surface area contributed by atoms with Crippen LogP contribution in [0.4, 0.5) is 0 Å². The molecule has 1 aromatic carbocycles. The van der Waals surface area contributed by atoms with Crippen molar-refractivity contribution in [1.29, 1.82) is 0 Å². The van der Waals surface area contributed by atoms with Crippen LogP contribution in [-0.4, -0.2) is 23.9 Å². The molecule has 114 valence electrons. The van der Waals surface area contributed by atoms with Crippen molar-refractivity contribution in [2.45, 2.75) is 44.2 Å². The number of primary amides is 1. The molecule has 5 nitrogen and oxygen atoms in total. The van der Waals surface area contributed by atoms with Gasteiger partial charge in [-0.3, -0.25) is 9.59 Å².